The number of hydrogen-bond acceptors (Lipinski definition) is 3. The van der Waals surface area contributed by atoms with Gasteiger partial charge in [-0.3, -0.25) is 9.71 Å². The summed E-state index contributed by atoms with van der Waals surface area (Å²) in [4.78, 5) is 3.79. The molecule has 0 aliphatic rings. The van der Waals surface area contributed by atoms with Gasteiger partial charge in [-0.05, 0) is 22.0 Å². The van der Waals surface area contributed by atoms with Gasteiger partial charge >= 0.3 is 0 Å². The third-order valence-electron chi connectivity index (χ3n) is 1.07. The summed E-state index contributed by atoms with van der Waals surface area (Å²) in [5, 5.41) is 0. The zero-order chi connectivity index (χ0) is 9.19. The summed E-state index contributed by atoms with van der Waals surface area (Å²) in [5.74, 6) is 0. The van der Waals surface area contributed by atoms with Gasteiger partial charge in [-0.25, -0.2) is 8.42 Å². The van der Waals surface area contributed by atoms with Gasteiger partial charge in [-0.15, -0.1) is 0 Å². The normalized spacial score (nSPS) is 11.2. The summed E-state index contributed by atoms with van der Waals surface area (Å²) in [6.45, 7) is 0. The molecule has 0 aliphatic heterocycles. The van der Waals surface area contributed by atoms with Gasteiger partial charge in [0, 0.05) is 12.4 Å². The Balaban J connectivity index is 2.98. The number of pyridine rings is 1. The monoisotopic (exact) mass is 250 g/mol. The molecule has 4 nitrogen and oxygen atoms in total. The van der Waals surface area contributed by atoms with E-state index in [1.807, 2.05) is 0 Å². The lowest BCUT2D eigenvalue weighted by atomic mass is 10.4. The van der Waals surface area contributed by atoms with Crippen LogP contribution in [-0.2, 0) is 10.0 Å². The summed E-state index contributed by atoms with van der Waals surface area (Å²) < 4.78 is 24.6. The minimum absolute atomic E-state index is 0.493. The molecule has 0 spiro atoms. The van der Waals surface area contributed by atoms with Crippen molar-refractivity contribution < 1.29 is 8.42 Å². The Morgan fingerprint density at radius 1 is 1.58 bits per heavy atom. The fourth-order valence-electron chi connectivity index (χ4n) is 0.658. The van der Waals surface area contributed by atoms with Gasteiger partial charge in [0.1, 0.15) is 0 Å². The summed E-state index contributed by atoms with van der Waals surface area (Å²) >= 11 is 3.16. The van der Waals surface area contributed by atoms with Gasteiger partial charge in [0.2, 0.25) is 10.0 Å². The summed E-state index contributed by atoms with van der Waals surface area (Å²) in [5.41, 5.74) is 0.493. The van der Waals surface area contributed by atoms with E-state index < -0.39 is 10.0 Å². The van der Waals surface area contributed by atoms with Crippen molar-refractivity contribution in [2.24, 2.45) is 0 Å². The number of hydrogen-bond donors (Lipinski definition) is 1. The number of halogens is 1. The van der Waals surface area contributed by atoms with Crippen LogP contribution in [0, 0.1) is 0 Å². The lowest BCUT2D eigenvalue weighted by Crippen LogP contribution is -2.09. The van der Waals surface area contributed by atoms with Gasteiger partial charge in [-0.2, -0.15) is 0 Å². The Hall–Kier alpha value is -0.620. The maximum absolute atomic E-state index is 10.8. The molecule has 1 N–H and O–H groups in total. The van der Waals surface area contributed by atoms with Crippen LogP contribution in [0.4, 0.5) is 5.69 Å². The Morgan fingerprint density at radius 2 is 2.25 bits per heavy atom. The lowest BCUT2D eigenvalue weighted by Gasteiger charge is -2.04. The van der Waals surface area contributed by atoms with E-state index in [-0.39, 0.29) is 0 Å². The molecule has 1 aromatic rings. The van der Waals surface area contributed by atoms with E-state index in [0.29, 0.717) is 10.2 Å². The molecule has 0 aliphatic carbocycles. The van der Waals surface area contributed by atoms with Crippen LogP contribution in [0.3, 0.4) is 0 Å². The summed E-state index contributed by atoms with van der Waals surface area (Å²) in [6.07, 6.45) is 4.13. The second-order valence-electron chi connectivity index (χ2n) is 2.23. The van der Waals surface area contributed by atoms with Crippen molar-refractivity contribution in [3.63, 3.8) is 0 Å². The van der Waals surface area contributed by atoms with Crippen LogP contribution in [0.5, 0.6) is 0 Å². The highest BCUT2D eigenvalue weighted by molar-refractivity contribution is 9.10. The molecule has 1 heterocycles. The first kappa shape index (κ1) is 9.47. The zero-order valence-electron chi connectivity index (χ0n) is 6.28. The molecule has 0 atom stereocenters. The van der Waals surface area contributed by atoms with Crippen LogP contribution in [-0.4, -0.2) is 19.7 Å². The van der Waals surface area contributed by atoms with Crippen LogP contribution in [0.25, 0.3) is 0 Å². The topological polar surface area (TPSA) is 59.1 Å². The van der Waals surface area contributed by atoms with Crippen molar-refractivity contribution in [3.8, 4) is 0 Å². The molecule has 0 radical (unpaired) electrons. The van der Waals surface area contributed by atoms with Gasteiger partial charge in [0.05, 0.1) is 16.4 Å². The largest absolute Gasteiger partial charge is 0.283 e. The second kappa shape index (κ2) is 3.40. The van der Waals surface area contributed by atoms with E-state index >= 15 is 0 Å². The summed E-state index contributed by atoms with van der Waals surface area (Å²) in [6, 6.07) is 1.57. The minimum atomic E-state index is -3.21. The molecular formula is C6H7BrN2O2S. The molecule has 0 amide bonds. The predicted octanol–water partition coefficient (Wildman–Crippen LogP) is 1.22. The number of rotatable bonds is 2. The van der Waals surface area contributed by atoms with E-state index in [1.165, 1.54) is 12.4 Å². The van der Waals surface area contributed by atoms with E-state index in [1.54, 1.807) is 6.07 Å². The van der Waals surface area contributed by atoms with Crippen LogP contribution in [0.2, 0.25) is 0 Å². The number of nitrogens with zero attached hydrogens (tertiary/aromatic N) is 1. The van der Waals surface area contributed by atoms with E-state index in [4.69, 9.17) is 0 Å². The fraction of sp³-hybridized carbons (Fsp3) is 0.167. The van der Waals surface area contributed by atoms with E-state index in [0.717, 1.165) is 6.26 Å². The number of anilines is 1. The Labute approximate surface area is 79.2 Å². The van der Waals surface area contributed by atoms with Crippen molar-refractivity contribution in [2.75, 3.05) is 11.0 Å². The van der Waals surface area contributed by atoms with Gasteiger partial charge < -0.3 is 0 Å². The SMILES string of the molecule is CS(=O)(=O)Nc1ccncc1Br. The van der Waals surface area contributed by atoms with Gasteiger partial charge in [-0.1, -0.05) is 0 Å². The molecule has 0 unspecified atom stereocenters. The molecule has 0 aromatic carbocycles. The third kappa shape index (κ3) is 2.78. The molecule has 0 fully saturated rings. The Morgan fingerprint density at radius 3 is 2.75 bits per heavy atom. The van der Waals surface area contributed by atoms with Crippen molar-refractivity contribution in [2.45, 2.75) is 0 Å². The Bertz CT molecular complexity index is 377. The highest BCUT2D eigenvalue weighted by Crippen LogP contribution is 2.20. The fourth-order valence-corrected chi connectivity index (χ4v) is 1.72. The number of aromatic nitrogens is 1. The van der Waals surface area contributed by atoms with Crippen molar-refractivity contribution >= 4 is 31.6 Å². The Kier molecular flexibility index (Phi) is 2.69. The first-order valence-electron chi connectivity index (χ1n) is 3.06. The highest BCUT2D eigenvalue weighted by atomic mass is 79.9. The zero-order valence-corrected chi connectivity index (χ0v) is 8.68. The molecule has 0 saturated heterocycles. The average molecular weight is 251 g/mol. The number of sulfonamides is 1. The first-order valence-corrected chi connectivity index (χ1v) is 5.75. The van der Waals surface area contributed by atoms with Crippen LogP contribution in [0.15, 0.2) is 22.9 Å². The van der Waals surface area contributed by atoms with Crippen molar-refractivity contribution in [1.29, 1.82) is 0 Å². The highest BCUT2D eigenvalue weighted by Gasteiger charge is 2.04. The van der Waals surface area contributed by atoms with Crippen molar-refractivity contribution in [1.82, 2.24) is 4.98 Å². The van der Waals surface area contributed by atoms with Crippen LogP contribution < -0.4 is 4.72 Å². The average Bonchev–Trinajstić information content (AvgIpc) is 1.91. The van der Waals surface area contributed by atoms with Crippen LogP contribution >= 0.6 is 15.9 Å². The molecule has 1 rings (SSSR count). The predicted molar refractivity (Wildman–Crippen MR) is 50.4 cm³/mol. The molecule has 0 saturated carbocycles. The standard InChI is InChI=1S/C6H7BrN2O2S/c1-12(10,11)9-6-2-3-8-4-5(6)7/h2-4H,1H3,(H,8,9). The smallest absolute Gasteiger partial charge is 0.229 e. The maximum Gasteiger partial charge on any atom is 0.229 e. The molecule has 12 heavy (non-hydrogen) atoms. The maximum atomic E-state index is 10.8. The molecule has 6 heteroatoms. The third-order valence-corrected chi connectivity index (χ3v) is 2.29. The molecule has 0 bridgehead atoms. The van der Waals surface area contributed by atoms with Crippen molar-refractivity contribution in [3.05, 3.63) is 22.9 Å². The minimum Gasteiger partial charge on any atom is -0.283 e. The van der Waals surface area contributed by atoms with E-state index in [9.17, 15) is 8.42 Å². The van der Waals surface area contributed by atoms with E-state index in [2.05, 4.69) is 25.6 Å². The quantitative estimate of drug-likeness (QED) is 0.859. The molecular weight excluding hydrogens is 244 g/mol. The lowest BCUT2D eigenvalue weighted by molar-refractivity contribution is 0.607. The van der Waals surface area contributed by atoms with Gasteiger partial charge in [0.25, 0.3) is 0 Å². The van der Waals surface area contributed by atoms with Gasteiger partial charge in [0.15, 0.2) is 0 Å². The second-order valence-corrected chi connectivity index (χ2v) is 4.83. The molecule has 66 valence electrons. The first-order chi connectivity index (χ1) is 5.49. The number of nitrogens with one attached hydrogen (secondary N) is 1. The molecule has 1 aromatic heterocycles. The summed E-state index contributed by atoms with van der Waals surface area (Å²) in [7, 11) is -3.21. The van der Waals surface area contributed by atoms with Crippen LogP contribution in [0.1, 0.15) is 0 Å².